The molecular weight excluding hydrogens is 301 g/mol. The maximum Gasteiger partial charge on any atom is 0.368 e. The van der Waals surface area contributed by atoms with Crippen molar-refractivity contribution in [2.24, 2.45) is 5.73 Å². The van der Waals surface area contributed by atoms with E-state index in [1.54, 1.807) is 42.5 Å². The Hall–Kier alpha value is -1.75. The molecule has 4 nitrogen and oxygen atoms in total. The lowest BCUT2D eigenvalue weighted by atomic mass is 10.0. The highest BCUT2D eigenvalue weighted by Gasteiger charge is 2.38. The summed E-state index contributed by atoms with van der Waals surface area (Å²) >= 11 is 5.77. The molecule has 0 aliphatic carbocycles. The number of hydrogen-bond acceptors (Lipinski definition) is 3. The van der Waals surface area contributed by atoms with Crippen LogP contribution in [0.1, 0.15) is 5.56 Å². The van der Waals surface area contributed by atoms with Crippen LogP contribution in [0.4, 0.5) is 0 Å². The van der Waals surface area contributed by atoms with Crippen molar-refractivity contribution < 1.29 is 14.6 Å². The summed E-state index contributed by atoms with van der Waals surface area (Å²) in [5, 5.41) is 9.83. The van der Waals surface area contributed by atoms with E-state index < -0.39 is 11.7 Å². The van der Waals surface area contributed by atoms with Crippen LogP contribution in [0.5, 0.6) is 5.75 Å². The Kier molecular flexibility index (Phi) is 5.39. The van der Waals surface area contributed by atoms with Gasteiger partial charge in [-0.2, -0.15) is 0 Å². The van der Waals surface area contributed by atoms with Crippen molar-refractivity contribution in [2.75, 3.05) is 0 Å². The number of nitrogens with two attached hydrogens (primary N) is 1. The molecule has 0 saturated carbocycles. The van der Waals surface area contributed by atoms with Crippen LogP contribution < -0.4 is 10.5 Å². The molecule has 2 aromatic rings. The summed E-state index contributed by atoms with van der Waals surface area (Å²) in [6.45, 7) is 0. The van der Waals surface area contributed by atoms with E-state index in [1.165, 1.54) is 12.1 Å². The minimum Gasteiger partial charge on any atom is -0.477 e. The lowest BCUT2D eigenvalue weighted by Gasteiger charge is -2.26. The Morgan fingerprint density at radius 1 is 1.10 bits per heavy atom. The molecule has 2 rings (SSSR count). The van der Waals surface area contributed by atoms with Crippen molar-refractivity contribution in [3.63, 3.8) is 0 Å². The van der Waals surface area contributed by atoms with Crippen LogP contribution in [0.25, 0.3) is 0 Å². The van der Waals surface area contributed by atoms with Crippen LogP contribution in [0.3, 0.4) is 0 Å². The highest BCUT2D eigenvalue weighted by atomic mass is 35.5. The number of halogens is 2. The van der Waals surface area contributed by atoms with E-state index in [0.29, 0.717) is 16.3 Å². The molecule has 2 aromatic carbocycles. The van der Waals surface area contributed by atoms with E-state index in [0.717, 1.165) is 0 Å². The van der Waals surface area contributed by atoms with Gasteiger partial charge in [-0.15, -0.1) is 12.4 Å². The van der Waals surface area contributed by atoms with Crippen molar-refractivity contribution in [3.8, 4) is 5.75 Å². The second-order valence-corrected chi connectivity index (χ2v) is 4.40. The zero-order chi connectivity index (χ0) is 13.9. The predicted molar refractivity (Wildman–Crippen MR) is 79.3 cm³/mol. The first-order chi connectivity index (χ1) is 9.02. The van der Waals surface area contributed by atoms with E-state index >= 15 is 0 Å². The van der Waals surface area contributed by atoms with Gasteiger partial charge in [0.2, 0.25) is 0 Å². The SMILES string of the molecule is Cl.NC(Oc1ccccc1)(C(=O)O)c1ccc(Cl)cc1. The third-order valence-corrected chi connectivity index (χ3v) is 2.86. The number of aliphatic carboxylic acids is 1. The molecule has 0 heterocycles. The molecule has 6 heteroatoms. The van der Waals surface area contributed by atoms with Crippen LogP contribution in [0, 0.1) is 0 Å². The quantitative estimate of drug-likeness (QED) is 0.851. The molecule has 0 amide bonds. The van der Waals surface area contributed by atoms with E-state index in [9.17, 15) is 9.90 Å². The summed E-state index contributed by atoms with van der Waals surface area (Å²) in [6, 6.07) is 14.7. The largest absolute Gasteiger partial charge is 0.477 e. The van der Waals surface area contributed by atoms with Gasteiger partial charge in [0.1, 0.15) is 5.75 Å². The van der Waals surface area contributed by atoms with Gasteiger partial charge in [-0.3, -0.25) is 5.73 Å². The minimum absolute atomic E-state index is 0. The Labute approximate surface area is 127 Å². The summed E-state index contributed by atoms with van der Waals surface area (Å²) < 4.78 is 5.42. The topological polar surface area (TPSA) is 72.5 Å². The molecule has 0 radical (unpaired) electrons. The third kappa shape index (κ3) is 3.42. The van der Waals surface area contributed by atoms with Gasteiger partial charge in [-0.1, -0.05) is 41.9 Å². The molecule has 0 fully saturated rings. The van der Waals surface area contributed by atoms with Crippen LogP contribution in [0.2, 0.25) is 5.02 Å². The second kappa shape index (κ2) is 6.61. The summed E-state index contributed by atoms with van der Waals surface area (Å²) in [5.74, 6) is -0.902. The van der Waals surface area contributed by atoms with Crippen molar-refractivity contribution >= 4 is 30.0 Å². The molecule has 1 atom stereocenters. The van der Waals surface area contributed by atoms with Gasteiger partial charge in [-0.25, -0.2) is 4.79 Å². The standard InChI is InChI=1S/C14H12ClNO3.ClH/c15-11-8-6-10(7-9-11)14(16,13(17)18)19-12-4-2-1-3-5-12;/h1-9H,16H2,(H,17,18);1H. The molecule has 0 aromatic heterocycles. The first-order valence-corrected chi connectivity index (χ1v) is 5.92. The fraction of sp³-hybridized carbons (Fsp3) is 0.0714. The lowest BCUT2D eigenvalue weighted by molar-refractivity contribution is -0.156. The summed E-state index contributed by atoms with van der Waals surface area (Å²) in [7, 11) is 0. The van der Waals surface area contributed by atoms with E-state index in [4.69, 9.17) is 22.1 Å². The summed E-state index contributed by atoms with van der Waals surface area (Å²) in [6.07, 6.45) is 0. The number of ether oxygens (including phenoxy) is 1. The van der Waals surface area contributed by atoms with Crippen LogP contribution in [0.15, 0.2) is 54.6 Å². The maximum absolute atomic E-state index is 11.4. The fourth-order valence-corrected chi connectivity index (χ4v) is 1.72. The molecule has 20 heavy (non-hydrogen) atoms. The van der Waals surface area contributed by atoms with Crippen molar-refractivity contribution in [1.82, 2.24) is 0 Å². The third-order valence-electron chi connectivity index (χ3n) is 2.61. The monoisotopic (exact) mass is 313 g/mol. The van der Waals surface area contributed by atoms with E-state index in [2.05, 4.69) is 0 Å². The highest BCUT2D eigenvalue weighted by Crippen LogP contribution is 2.25. The number of rotatable bonds is 4. The first kappa shape index (κ1) is 16.3. The first-order valence-electron chi connectivity index (χ1n) is 5.55. The number of para-hydroxylation sites is 1. The normalized spacial score (nSPS) is 12.9. The molecule has 1 unspecified atom stereocenters. The molecule has 0 aliphatic heterocycles. The molecular formula is C14H13Cl2NO3. The minimum atomic E-state index is -1.95. The van der Waals surface area contributed by atoms with E-state index in [-0.39, 0.29) is 12.4 Å². The zero-order valence-corrected chi connectivity index (χ0v) is 11.9. The van der Waals surface area contributed by atoms with Gasteiger partial charge in [0.05, 0.1) is 0 Å². The van der Waals surface area contributed by atoms with Crippen LogP contribution in [-0.2, 0) is 10.5 Å². The van der Waals surface area contributed by atoms with Gasteiger partial charge < -0.3 is 9.84 Å². The van der Waals surface area contributed by atoms with Gasteiger partial charge in [0.15, 0.2) is 0 Å². The van der Waals surface area contributed by atoms with Crippen molar-refractivity contribution in [3.05, 3.63) is 65.2 Å². The molecule has 0 aliphatic rings. The molecule has 0 bridgehead atoms. The highest BCUT2D eigenvalue weighted by molar-refractivity contribution is 6.30. The summed E-state index contributed by atoms with van der Waals surface area (Å²) in [4.78, 5) is 11.4. The van der Waals surface area contributed by atoms with Gasteiger partial charge in [0.25, 0.3) is 5.72 Å². The number of benzene rings is 2. The smallest absolute Gasteiger partial charge is 0.368 e. The number of carbonyl (C=O) groups is 1. The average molecular weight is 314 g/mol. The average Bonchev–Trinajstić information content (AvgIpc) is 2.40. The van der Waals surface area contributed by atoms with Crippen LogP contribution >= 0.6 is 24.0 Å². The van der Waals surface area contributed by atoms with Gasteiger partial charge >= 0.3 is 5.97 Å². The van der Waals surface area contributed by atoms with Gasteiger partial charge in [-0.05, 0) is 24.3 Å². The maximum atomic E-state index is 11.4. The van der Waals surface area contributed by atoms with E-state index in [1.807, 2.05) is 0 Å². The Morgan fingerprint density at radius 3 is 2.15 bits per heavy atom. The Balaban J connectivity index is 0.00000200. The van der Waals surface area contributed by atoms with Crippen molar-refractivity contribution in [2.45, 2.75) is 5.72 Å². The van der Waals surface area contributed by atoms with Gasteiger partial charge in [0, 0.05) is 10.6 Å². The number of hydrogen-bond donors (Lipinski definition) is 2. The summed E-state index contributed by atoms with van der Waals surface area (Å²) in [5.41, 5.74) is 4.24. The molecule has 0 saturated heterocycles. The molecule has 3 N–H and O–H groups in total. The Bertz CT molecular complexity index is 575. The van der Waals surface area contributed by atoms with Crippen LogP contribution in [-0.4, -0.2) is 11.1 Å². The Morgan fingerprint density at radius 2 is 1.65 bits per heavy atom. The fourth-order valence-electron chi connectivity index (χ4n) is 1.60. The lowest BCUT2D eigenvalue weighted by Crippen LogP contribution is -2.50. The number of carboxylic acid groups (broad SMARTS) is 1. The number of carboxylic acids is 1. The van der Waals surface area contributed by atoms with Crippen molar-refractivity contribution in [1.29, 1.82) is 0 Å². The second-order valence-electron chi connectivity index (χ2n) is 3.96. The predicted octanol–water partition coefficient (Wildman–Crippen LogP) is 3.04. The molecule has 106 valence electrons. The zero-order valence-electron chi connectivity index (χ0n) is 10.3. The molecule has 0 spiro atoms.